The third-order valence-corrected chi connectivity index (χ3v) is 5.39. The minimum Gasteiger partial charge on any atom is -0.382 e. The summed E-state index contributed by atoms with van der Waals surface area (Å²) in [5.41, 5.74) is 8.69. The zero-order chi connectivity index (χ0) is 24.5. The minimum atomic E-state index is -0.495. The first kappa shape index (κ1) is 21.8. The molecule has 3 N–H and O–H groups in total. The van der Waals surface area contributed by atoms with Crippen LogP contribution in [-0.2, 0) is 0 Å². The van der Waals surface area contributed by atoms with Crippen LogP contribution in [0.25, 0.3) is 33.6 Å². The van der Waals surface area contributed by atoms with Gasteiger partial charge in [0.25, 0.3) is 5.89 Å². The van der Waals surface area contributed by atoms with E-state index < -0.39 is 11.9 Å². The number of halogens is 1. The van der Waals surface area contributed by atoms with Gasteiger partial charge in [-0.3, -0.25) is 4.98 Å². The largest absolute Gasteiger partial charge is 0.382 e. The second-order valence-corrected chi connectivity index (χ2v) is 7.73. The summed E-state index contributed by atoms with van der Waals surface area (Å²) in [6.07, 6.45) is 2.92. The van der Waals surface area contributed by atoms with Gasteiger partial charge in [-0.25, -0.2) is 19.3 Å². The first-order valence-corrected chi connectivity index (χ1v) is 10.6. The Bertz CT molecular complexity index is 1590. The van der Waals surface area contributed by atoms with E-state index in [1.165, 1.54) is 18.5 Å². The van der Waals surface area contributed by atoms with Crippen molar-refractivity contribution in [2.24, 2.45) is 0 Å². The summed E-state index contributed by atoms with van der Waals surface area (Å²) in [6.45, 7) is 3.55. The van der Waals surface area contributed by atoms with Crippen LogP contribution in [0, 0.1) is 24.1 Å². The van der Waals surface area contributed by atoms with Crippen molar-refractivity contribution in [2.75, 3.05) is 11.1 Å². The van der Waals surface area contributed by atoms with Gasteiger partial charge in [-0.15, -0.1) is 0 Å². The maximum Gasteiger partial charge on any atom is 0.259 e. The zero-order valence-corrected chi connectivity index (χ0v) is 18.7. The lowest BCUT2D eigenvalue weighted by atomic mass is 9.94. The molecule has 4 aromatic heterocycles. The SMILES string of the molecule is Cc1noc(-c2c(-c3ccccn3)c([C@H](C)Nc3ncnc(N)c3C#N)nc3ccc(F)cc23)n1. The summed E-state index contributed by atoms with van der Waals surface area (Å²) in [7, 11) is 0. The molecular formula is C24H18FN9O. The standard InChI is InChI=1S/C24H18FN9O/c1-12(31-23-16(10-26)22(27)29-11-30-23)21-20(18-5-3-4-8-28-18)19(24-32-13(2)34-35-24)15-9-14(25)6-7-17(15)33-21/h3-9,11-12H,1-2H3,(H3,27,29,30,31)/t12-/m0/s1. The van der Waals surface area contributed by atoms with Crippen molar-refractivity contribution < 1.29 is 8.91 Å². The molecule has 172 valence electrons. The van der Waals surface area contributed by atoms with E-state index in [0.717, 1.165) is 0 Å². The predicted molar refractivity (Wildman–Crippen MR) is 126 cm³/mol. The van der Waals surface area contributed by atoms with Gasteiger partial charge in [-0.2, -0.15) is 10.2 Å². The van der Waals surface area contributed by atoms with Crippen molar-refractivity contribution >= 4 is 22.5 Å². The minimum absolute atomic E-state index is 0.0612. The Balaban J connectivity index is 1.80. The van der Waals surface area contributed by atoms with E-state index in [4.69, 9.17) is 15.2 Å². The van der Waals surface area contributed by atoms with Crippen molar-refractivity contribution in [1.82, 2.24) is 30.1 Å². The molecule has 0 aliphatic heterocycles. The highest BCUT2D eigenvalue weighted by molar-refractivity contribution is 6.01. The molecule has 0 bridgehead atoms. The number of nitrogens with one attached hydrogen (secondary N) is 1. The molecule has 0 aliphatic rings. The molecule has 5 aromatic rings. The number of pyridine rings is 2. The van der Waals surface area contributed by atoms with Crippen LogP contribution >= 0.6 is 0 Å². The van der Waals surface area contributed by atoms with E-state index >= 15 is 0 Å². The van der Waals surface area contributed by atoms with E-state index in [9.17, 15) is 9.65 Å². The molecule has 5 rings (SSSR count). The molecule has 0 fully saturated rings. The lowest BCUT2D eigenvalue weighted by molar-refractivity contribution is 0.426. The van der Waals surface area contributed by atoms with Crippen LogP contribution in [0.5, 0.6) is 0 Å². The smallest absolute Gasteiger partial charge is 0.259 e. The van der Waals surface area contributed by atoms with Crippen LogP contribution in [0.15, 0.2) is 53.4 Å². The number of aromatic nitrogens is 6. The number of hydrogen-bond donors (Lipinski definition) is 2. The predicted octanol–water partition coefficient (Wildman–Crippen LogP) is 4.21. The molecule has 0 spiro atoms. The first-order valence-electron chi connectivity index (χ1n) is 10.6. The molecule has 4 heterocycles. The summed E-state index contributed by atoms with van der Waals surface area (Å²) in [5.74, 6) is 0.523. The quantitative estimate of drug-likeness (QED) is 0.384. The fourth-order valence-corrected chi connectivity index (χ4v) is 3.85. The van der Waals surface area contributed by atoms with Crippen LogP contribution < -0.4 is 11.1 Å². The number of aryl methyl sites for hydroxylation is 1. The number of nitrogens with two attached hydrogens (primary N) is 1. The van der Waals surface area contributed by atoms with E-state index in [2.05, 4.69) is 30.4 Å². The summed E-state index contributed by atoms with van der Waals surface area (Å²) in [6, 6.07) is 11.3. The van der Waals surface area contributed by atoms with Gasteiger partial charge >= 0.3 is 0 Å². The van der Waals surface area contributed by atoms with Crippen LogP contribution in [0.1, 0.15) is 30.0 Å². The number of nitrogens with zero attached hydrogens (tertiary/aromatic N) is 7. The van der Waals surface area contributed by atoms with Gasteiger partial charge < -0.3 is 15.6 Å². The van der Waals surface area contributed by atoms with Crippen LogP contribution in [0.3, 0.4) is 0 Å². The summed E-state index contributed by atoms with van der Waals surface area (Å²) in [4.78, 5) is 21.8. The van der Waals surface area contributed by atoms with Crippen molar-refractivity contribution in [3.8, 4) is 28.8 Å². The van der Waals surface area contributed by atoms with Gasteiger partial charge in [0.2, 0.25) is 0 Å². The Kier molecular flexibility index (Phi) is 5.46. The second kappa shape index (κ2) is 8.75. The Hall–Kier alpha value is -4.98. The van der Waals surface area contributed by atoms with Crippen molar-refractivity contribution in [2.45, 2.75) is 19.9 Å². The average molecular weight is 467 g/mol. The number of benzene rings is 1. The van der Waals surface area contributed by atoms with Crippen molar-refractivity contribution in [3.63, 3.8) is 0 Å². The van der Waals surface area contributed by atoms with Crippen LogP contribution in [0.2, 0.25) is 0 Å². The number of hydrogen-bond acceptors (Lipinski definition) is 10. The molecular weight excluding hydrogens is 449 g/mol. The zero-order valence-electron chi connectivity index (χ0n) is 18.7. The first-order chi connectivity index (χ1) is 17.0. The number of anilines is 2. The second-order valence-electron chi connectivity index (χ2n) is 7.73. The Labute approximate surface area is 198 Å². The van der Waals surface area contributed by atoms with E-state index in [1.54, 1.807) is 25.3 Å². The Morgan fingerprint density at radius 1 is 1.11 bits per heavy atom. The highest BCUT2D eigenvalue weighted by Gasteiger charge is 2.26. The van der Waals surface area contributed by atoms with Crippen molar-refractivity contribution in [3.05, 3.63) is 71.8 Å². The monoisotopic (exact) mass is 467 g/mol. The average Bonchev–Trinajstić information content (AvgIpc) is 3.29. The number of rotatable bonds is 5. The van der Waals surface area contributed by atoms with E-state index in [0.29, 0.717) is 39.2 Å². The van der Waals surface area contributed by atoms with E-state index in [1.807, 2.05) is 25.1 Å². The molecule has 0 saturated heterocycles. The summed E-state index contributed by atoms with van der Waals surface area (Å²) >= 11 is 0. The fraction of sp³-hybridized carbons (Fsp3) is 0.125. The van der Waals surface area contributed by atoms with E-state index in [-0.39, 0.29) is 23.1 Å². The van der Waals surface area contributed by atoms with Crippen molar-refractivity contribution in [1.29, 1.82) is 5.26 Å². The fourth-order valence-electron chi connectivity index (χ4n) is 3.85. The molecule has 1 atom stereocenters. The molecule has 10 nitrogen and oxygen atoms in total. The maximum absolute atomic E-state index is 14.4. The molecule has 11 heteroatoms. The number of nitrogen functional groups attached to an aromatic ring is 1. The van der Waals surface area contributed by atoms with Crippen LogP contribution in [-0.4, -0.2) is 30.1 Å². The Morgan fingerprint density at radius 2 is 1.97 bits per heavy atom. The number of fused-ring (bicyclic) bond motifs is 1. The third-order valence-electron chi connectivity index (χ3n) is 5.39. The van der Waals surface area contributed by atoms with Gasteiger partial charge in [0.15, 0.2) is 5.82 Å². The van der Waals surface area contributed by atoms with Gasteiger partial charge in [0.1, 0.15) is 35.4 Å². The number of nitriles is 1. The molecule has 0 unspecified atom stereocenters. The molecule has 0 amide bonds. The maximum atomic E-state index is 14.4. The lowest BCUT2D eigenvalue weighted by Crippen LogP contribution is -2.14. The topological polar surface area (TPSA) is 152 Å². The van der Waals surface area contributed by atoms with Gasteiger partial charge in [-0.05, 0) is 44.2 Å². The summed E-state index contributed by atoms with van der Waals surface area (Å²) < 4.78 is 19.9. The normalized spacial score (nSPS) is 11.8. The summed E-state index contributed by atoms with van der Waals surface area (Å²) in [5, 5.41) is 17.2. The van der Waals surface area contributed by atoms with Gasteiger partial charge in [-0.1, -0.05) is 11.2 Å². The highest BCUT2D eigenvalue weighted by Crippen LogP contribution is 2.41. The molecule has 0 radical (unpaired) electrons. The lowest BCUT2D eigenvalue weighted by Gasteiger charge is -2.21. The highest BCUT2D eigenvalue weighted by atomic mass is 19.1. The molecule has 1 aromatic carbocycles. The molecule has 0 aliphatic carbocycles. The Morgan fingerprint density at radius 3 is 2.69 bits per heavy atom. The molecule has 35 heavy (non-hydrogen) atoms. The van der Waals surface area contributed by atoms with Crippen LogP contribution in [0.4, 0.5) is 16.0 Å². The van der Waals surface area contributed by atoms with Gasteiger partial charge in [0.05, 0.1) is 28.5 Å². The van der Waals surface area contributed by atoms with Gasteiger partial charge in [0, 0.05) is 17.1 Å². The molecule has 0 saturated carbocycles. The third kappa shape index (κ3) is 3.97.